The fourth-order valence-electron chi connectivity index (χ4n) is 5.01. The quantitative estimate of drug-likeness (QED) is 0.401. The van der Waals surface area contributed by atoms with Crippen molar-refractivity contribution in [2.75, 3.05) is 11.4 Å². The Bertz CT molecular complexity index is 1640. The summed E-state index contributed by atoms with van der Waals surface area (Å²) in [5.41, 5.74) is 2.97. The average Bonchev–Trinajstić information content (AvgIpc) is 3.84. The number of halogens is 2. The van der Waals surface area contributed by atoms with Crippen LogP contribution in [-0.4, -0.2) is 42.9 Å². The van der Waals surface area contributed by atoms with Crippen LogP contribution in [0.3, 0.4) is 0 Å². The highest BCUT2D eigenvalue weighted by molar-refractivity contribution is 6.10. The Labute approximate surface area is 222 Å². The van der Waals surface area contributed by atoms with Crippen molar-refractivity contribution < 1.29 is 13.6 Å². The summed E-state index contributed by atoms with van der Waals surface area (Å²) < 4.78 is 27.9. The fraction of sp³-hybridized carbons (Fsp3) is 0.393. The van der Waals surface area contributed by atoms with Crippen molar-refractivity contribution in [3.8, 4) is 11.3 Å². The molecule has 7 rings (SSSR count). The summed E-state index contributed by atoms with van der Waals surface area (Å²) in [4.78, 5) is 45.4. The molecule has 2 fully saturated rings. The molecule has 4 heterocycles. The van der Waals surface area contributed by atoms with E-state index in [4.69, 9.17) is 0 Å². The number of carbonyl (C=O) groups excluding carboxylic acids is 1. The summed E-state index contributed by atoms with van der Waals surface area (Å²) >= 11 is 0. The lowest BCUT2D eigenvalue weighted by atomic mass is 9.98. The van der Waals surface area contributed by atoms with Crippen molar-refractivity contribution in [3.63, 3.8) is 0 Å². The molecular weight excluding hydrogens is 506 g/mol. The molecular formula is C28H30F2N6O3. The predicted molar refractivity (Wildman–Crippen MR) is 143 cm³/mol. The first kappa shape index (κ1) is 26.5. The van der Waals surface area contributed by atoms with E-state index < -0.39 is 29.1 Å². The molecule has 1 aromatic carbocycles. The molecule has 9 nitrogen and oxygen atoms in total. The number of amides is 1. The molecule has 0 bridgehead atoms. The highest BCUT2D eigenvalue weighted by Crippen LogP contribution is 2.57. The summed E-state index contributed by atoms with van der Waals surface area (Å²) in [6, 6.07) is 9.18. The number of fused-ring (bicyclic) bond motifs is 3. The first-order chi connectivity index (χ1) is 18.7. The van der Waals surface area contributed by atoms with Crippen molar-refractivity contribution in [3.05, 3.63) is 80.9 Å². The van der Waals surface area contributed by atoms with Crippen LogP contribution in [0.5, 0.6) is 0 Å². The molecule has 0 unspecified atom stereocenters. The normalized spacial score (nSPS) is 16.8. The van der Waals surface area contributed by atoms with E-state index in [1.165, 1.54) is 11.1 Å². The van der Waals surface area contributed by atoms with Gasteiger partial charge in [0.15, 0.2) is 5.65 Å². The van der Waals surface area contributed by atoms with E-state index in [-0.39, 0.29) is 5.91 Å². The molecule has 1 amide bonds. The maximum Gasteiger partial charge on any atom is 0.325 e. The van der Waals surface area contributed by atoms with Crippen LogP contribution < -0.4 is 16.1 Å². The van der Waals surface area contributed by atoms with Gasteiger partial charge < -0.3 is 9.88 Å². The molecule has 2 N–H and O–H groups in total. The number of imidazole rings is 1. The molecule has 4 aromatic rings. The molecule has 1 spiro atoms. The summed E-state index contributed by atoms with van der Waals surface area (Å²) in [6.45, 7) is 4.32. The second-order valence-electron chi connectivity index (χ2n) is 10.0. The van der Waals surface area contributed by atoms with Gasteiger partial charge in [-0.25, -0.2) is 23.1 Å². The molecule has 204 valence electrons. The Morgan fingerprint density at radius 2 is 1.85 bits per heavy atom. The highest BCUT2D eigenvalue weighted by atomic mass is 19.3. The number of aromatic nitrogens is 5. The van der Waals surface area contributed by atoms with E-state index in [1.54, 1.807) is 29.0 Å². The largest absolute Gasteiger partial charge is 0.325 e. The maximum absolute atomic E-state index is 13.1. The van der Waals surface area contributed by atoms with Gasteiger partial charge in [-0.2, -0.15) is 5.10 Å². The van der Waals surface area contributed by atoms with Crippen LogP contribution in [0, 0.1) is 0 Å². The van der Waals surface area contributed by atoms with Crippen molar-refractivity contribution >= 4 is 17.2 Å². The summed E-state index contributed by atoms with van der Waals surface area (Å²) in [7, 11) is 0. The predicted octanol–water partition coefficient (Wildman–Crippen LogP) is 4.40. The third kappa shape index (κ3) is 5.00. The molecule has 0 radical (unpaired) electrons. The number of hydrogen-bond donors (Lipinski definition) is 2. The molecule has 2 saturated carbocycles. The van der Waals surface area contributed by atoms with Crippen LogP contribution in [-0.2, 0) is 10.2 Å². The van der Waals surface area contributed by atoms with E-state index in [1.807, 2.05) is 32.0 Å². The zero-order chi connectivity index (χ0) is 27.9. The van der Waals surface area contributed by atoms with Gasteiger partial charge in [0.05, 0.1) is 23.2 Å². The Morgan fingerprint density at radius 1 is 1.13 bits per heavy atom. The standard InChI is InChI=1S/C13H13F2NO.C13H11N5O2.C2H6/c1-12(14,15)8-16-10-5-3-2-4-9(10)13(6-7-13)11(16)17;19-12-9(6-15-13(20)16-12)10-5-8(7-1-2-7)11-14-3-4-18(11)17-10;1-2/h2-5H,6-8H2,1H3;3-7H,1-2H2,(H2,15,16,19,20);1-2H3. The van der Waals surface area contributed by atoms with Crippen LogP contribution in [0.25, 0.3) is 16.9 Å². The Hall–Kier alpha value is -4.15. The SMILES string of the molecule is CC.CC(F)(F)CN1C(=O)C2(CC2)c2ccccc21.O=c1[nH]cc(-c2cc(C3CC3)c3nccn3n2)c(=O)[nH]1. The van der Waals surface area contributed by atoms with Crippen LogP contribution in [0.2, 0.25) is 0 Å². The number of nitrogens with zero attached hydrogens (tertiary/aromatic N) is 4. The first-order valence-electron chi connectivity index (χ1n) is 13.1. The van der Waals surface area contributed by atoms with Gasteiger partial charge in [0.1, 0.15) is 0 Å². The summed E-state index contributed by atoms with van der Waals surface area (Å²) in [5, 5.41) is 4.38. The van der Waals surface area contributed by atoms with Gasteiger partial charge >= 0.3 is 5.69 Å². The second-order valence-corrected chi connectivity index (χ2v) is 10.0. The van der Waals surface area contributed by atoms with Crippen molar-refractivity contribution in [1.82, 2.24) is 24.6 Å². The first-order valence-corrected chi connectivity index (χ1v) is 13.1. The number of nitrogens with one attached hydrogen (secondary N) is 2. The minimum atomic E-state index is -2.86. The van der Waals surface area contributed by atoms with E-state index in [0.29, 0.717) is 22.9 Å². The molecule has 3 aromatic heterocycles. The van der Waals surface area contributed by atoms with Crippen LogP contribution >= 0.6 is 0 Å². The van der Waals surface area contributed by atoms with Crippen LogP contribution in [0.4, 0.5) is 14.5 Å². The van der Waals surface area contributed by atoms with Gasteiger partial charge in [-0.15, -0.1) is 0 Å². The smallest absolute Gasteiger partial charge is 0.313 e. The monoisotopic (exact) mass is 536 g/mol. The Balaban J connectivity index is 0.000000151. The maximum atomic E-state index is 13.1. The van der Waals surface area contributed by atoms with Crippen molar-refractivity contribution in [2.45, 2.75) is 63.7 Å². The molecule has 11 heteroatoms. The van der Waals surface area contributed by atoms with E-state index in [9.17, 15) is 23.2 Å². The van der Waals surface area contributed by atoms with Gasteiger partial charge in [0.25, 0.3) is 11.5 Å². The highest BCUT2D eigenvalue weighted by Gasteiger charge is 2.59. The number of para-hydroxylation sites is 1. The molecule has 3 aliphatic rings. The second kappa shape index (κ2) is 9.87. The van der Waals surface area contributed by atoms with E-state index in [2.05, 4.69) is 20.1 Å². The van der Waals surface area contributed by atoms with E-state index in [0.717, 1.165) is 49.4 Å². The average molecular weight is 537 g/mol. The zero-order valence-electron chi connectivity index (χ0n) is 22.0. The van der Waals surface area contributed by atoms with Gasteiger partial charge in [0.2, 0.25) is 5.91 Å². The number of H-pyrrole nitrogens is 2. The van der Waals surface area contributed by atoms with Crippen LogP contribution in [0.15, 0.2) is 58.5 Å². The fourth-order valence-corrected chi connectivity index (χ4v) is 5.01. The lowest BCUT2D eigenvalue weighted by molar-refractivity contribution is -0.121. The topological polar surface area (TPSA) is 116 Å². The minimum Gasteiger partial charge on any atom is -0.313 e. The van der Waals surface area contributed by atoms with E-state index >= 15 is 0 Å². The molecule has 2 aliphatic carbocycles. The zero-order valence-corrected chi connectivity index (χ0v) is 22.0. The van der Waals surface area contributed by atoms with Gasteiger partial charge in [-0.1, -0.05) is 32.0 Å². The number of hydrogen-bond acceptors (Lipinski definition) is 5. The Morgan fingerprint density at radius 3 is 2.49 bits per heavy atom. The number of alkyl halides is 2. The molecule has 1 aliphatic heterocycles. The number of benzene rings is 1. The van der Waals surface area contributed by atoms with Gasteiger partial charge in [-0.3, -0.25) is 14.6 Å². The lowest BCUT2D eigenvalue weighted by Gasteiger charge is -2.21. The third-order valence-electron chi connectivity index (χ3n) is 7.05. The minimum absolute atomic E-state index is 0.153. The number of rotatable bonds is 4. The summed E-state index contributed by atoms with van der Waals surface area (Å²) in [5.74, 6) is -2.52. The number of carbonyl (C=O) groups is 1. The third-order valence-corrected chi connectivity index (χ3v) is 7.05. The Kier molecular flexibility index (Phi) is 6.69. The van der Waals surface area contributed by atoms with Crippen LogP contribution in [0.1, 0.15) is 63.5 Å². The summed E-state index contributed by atoms with van der Waals surface area (Å²) in [6.07, 6.45) is 8.67. The number of aromatic amines is 2. The molecule has 39 heavy (non-hydrogen) atoms. The lowest BCUT2D eigenvalue weighted by Crippen LogP contribution is -2.39. The molecule has 0 atom stereocenters. The van der Waals surface area contributed by atoms with Crippen molar-refractivity contribution in [1.29, 1.82) is 0 Å². The van der Waals surface area contributed by atoms with Crippen molar-refractivity contribution in [2.24, 2.45) is 0 Å². The van der Waals surface area contributed by atoms with Gasteiger partial charge in [-0.05, 0) is 49.3 Å². The van der Waals surface area contributed by atoms with Gasteiger partial charge in [0, 0.05) is 36.8 Å². The number of anilines is 1. The molecule has 0 saturated heterocycles.